The second kappa shape index (κ2) is 5.39. The van der Waals surface area contributed by atoms with E-state index in [0.717, 1.165) is 5.69 Å². The number of Topliss-reactive ketones (excluding diaryl/α,β-unsaturated/α-hetero) is 1. The average Bonchev–Trinajstić information content (AvgIpc) is 2.41. The van der Waals surface area contributed by atoms with E-state index >= 15 is 0 Å². The van der Waals surface area contributed by atoms with Gasteiger partial charge >= 0.3 is 0 Å². The number of nitro benzene ring substituents is 1. The molecule has 0 unspecified atom stereocenters. The van der Waals surface area contributed by atoms with Crippen LogP contribution in [0.2, 0.25) is 0 Å². The second-order valence-corrected chi connectivity index (χ2v) is 4.17. The van der Waals surface area contributed by atoms with E-state index in [9.17, 15) is 14.9 Å². The molecule has 0 atom stereocenters. The molecule has 0 amide bonds. The van der Waals surface area contributed by atoms with Crippen LogP contribution in [0.4, 0.5) is 5.69 Å². The first-order chi connectivity index (χ1) is 9.09. The van der Waals surface area contributed by atoms with Gasteiger partial charge in [-0.3, -0.25) is 14.9 Å². The molecule has 5 nitrogen and oxygen atoms in total. The molecule has 19 heavy (non-hydrogen) atoms. The SMILES string of the molecule is Cc1cccc[n+]1CC(=O)c1ccccc1[N+](=O)[O-]. The third-order valence-corrected chi connectivity index (χ3v) is 2.88. The van der Waals surface area contributed by atoms with E-state index in [-0.39, 0.29) is 23.6 Å². The van der Waals surface area contributed by atoms with Gasteiger partial charge in [-0.05, 0) is 6.07 Å². The van der Waals surface area contributed by atoms with Crippen LogP contribution < -0.4 is 4.57 Å². The summed E-state index contributed by atoms with van der Waals surface area (Å²) < 4.78 is 1.76. The lowest BCUT2D eigenvalue weighted by Crippen LogP contribution is -2.40. The summed E-state index contributed by atoms with van der Waals surface area (Å²) in [6.45, 7) is 1.98. The standard InChI is InChI=1S/C14H13N2O3/c1-11-6-4-5-9-15(11)10-14(17)12-7-2-3-8-13(12)16(18)19/h2-9H,10H2,1H3/q+1. The molecule has 0 radical (unpaired) electrons. The smallest absolute Gasteiger partial charge is 0.280 e. The van der Waals surface area contributed by atoms with Gasteiger partial charge in [-0.25, -0.2) is 0 Å². The normalized spacial score (nSPS) is 10.2. The molecule has 1 heterocycles. The Hall–Kier alpha value is -2.56. The minimum absolute atomic E-state index is 0.0948. The molecular formula is C14H13N2O3+. The first-order valence-electron chi connectivity index (χ1n) is 5.81. The molecule has 0 aliphatic rings. The molecular weight excluding hydrogens is 244 g/mol. The molecule has 0 saturated heterocycles. The van der Waals surface area contributed by atoms with Crippen molar-refractivity contribution in [2.45, 2.75) is 13.5 Å². The highest BCUT2D eigenvalue weighted by Gasteiger charge is 2.22. The molecule has 0 spiro atoms. The number of nitro groups is 1. The Labute approximate surface area is 110 Å². The number of hydrogen-bond acceptors (Lipinski definition) is 3. The van der Waals surface area contributed by atoms with Crippen LogP contribution in [0.15, 0.2) is 48.7 Å². The van der Waals surface area contributed by atoms with Gasteiger partial charge in [-0.2, -0.15) is 4.57 Å². The molecule has 0 aliphatic heterocycles. The Morgan fingerprint density at radius 3 is 2.58 bits per heavy atom. The van der Waals surface area contributed by atoms with E-state index in [2.05, 4.69) is 0 Å². The Balaban J connectivity index is 2.31. The van der Waals surface area contributed by atoms with Crippen LogP contribution in [0.5, 0.6) is 0 Å². The zero-order chi connectivity index (χ0) is 13.8. The van der Waals surface area contributed by atoms with Gasteiger partial charge < -0.3 is 0 Å². The molecule has 2 rings (SSSR count). The van der Waals surface area contributed by atoms with E-state index in [4.69, 9.17) is 0 Å². The lowest BCUT2D eigenvalue weighted by atomic mass is 10.1. The molecule has 1 aromatic carbocycles. The van der Waals surface area contributed by atoms with Crippen LogP contribution >= 0.6 is 0 Å². The zero-order valence-corrected chi connectivity index (χ0v) is 10.4. The van der Waals surface area contributed by atoms with E-state index < -0.39 is 4.92 Å². The van der Waals surface area contributed by atoms with Crippen LogP contribution in [-0.4, -0.2) is 10.7 Å². The maximum absolute atomic E-state index is 12.2. The summed E-state index contributed by atoms with van der Waals surface area (Å²) in [5.74, 6) is -0.272. The number of ketones is 1. The number of aryl methyl sites for hydroxylation is 1. The van der Waals surface area contributed by atoms with Crippen molar-refractivity contribution in [1.29, 1.82) is 0 Å². The van der Waals surface area contributed by atoms with Crippen molar-refractivity contribution in [1.82, 2.24) is 0 Å². The number of para-hydroxylation sites is 1. The van der Waals surface area contributed by atoms with Gasteiger partial charge in [0.15, 0.2) is 11.9 Å². The minimum atomic E-state index is -0.532. The summed E-state index contributed by atoms with van der Waals surface area (Å²) in [6.07, 6.45) is 1.78. The third-order valence-electron chi connectivity index (χ3n) is 2.88. The highest BCUT2D eigenvalue weighted by atomic mass is 16.6. The number of aromatic nitrogens is 1. The molecule has 0 N–H and O–H groups in total. The minimum Gasteiger partial charge on any atom is -0.287 e. The van der Waals surface area contributed by atoms with E-state index in [1.165, 1.54) is 12.1 Å². The number of carbonyl (C=O) groups is 1. The first-order valence-corrected chi connectivity index (χ1v) is 5.81. The van der Waals surface area contributed by atoms with Gasteiger partial charge in [0.2, 0.25) is 12.3 Å². The summed E-state index contributed by atoms with van der Waals surface area (Å²) >= 11 is 0. The fourth-order valence-electron chi connectivity index (χ4n) is 1.85. The Morgan fingerprint density at radius 2 is 1.89 bits per heavy atom. The van der Waals surface area contributed by atoms with Gasteiger partial charge in [0.05, 0.1) is 4.92 Å². The molecule has 96 valence electrons. The Bertz CT molecular complexity index is 638. The van der Waals surface area contributed by atoms with Crippen LogP contribution in [0, 0.1) is 17.0 Å². The monoisotopic (exact) mass is 257 g/mol. The van der Waals surface area contributed by atoms with E-state index in [1.807, 2.05) is 25.1 Å². The highest BCUT2D eigenvalue weighted by molar-refractivity contribution is 5.98. The quantitative estimate of drug-likeness (QED) is 0.364. The summed E-state index contributed by atoms with van der Waals surface area (Å²) in [5.41, 5.74) is 0.916. The molecule has 2 aromatic rings. The summed E-state index contributed by atoms with van der Waals surface area (Å²) in [6, 6.07) is 11.6. The summed E-state index contributed by atoms with van der Waals surface area (Å²) in [7, 11) is 0. The predicted octanol–water partition coefficient (Wildman–Crippen LogP) is 2.07. The summed E-state index contributed by atoms with van der Waals surface area (Å²) in [5, 5.41) is 10.9. The number of rotatable bonds is 4. The Kier molecular flexibility index (Phi) is 3.66. The lowest BCUT2D eigenvalue weighted by Gasteiger charge is -2.01. The topological polar surface area (TPSA) is 64.1 Å². The first kappa shape index (κ1) is 12.9. The number of hydrogen-bond donors (Lipinski definition) is 0. The molecule has 0 fully saturated rings. The predicted molar refractivity (Wildman–Crippen MR) is 68.8 cm³/mol. The number of carbonyl (C=O) groups excluding carboxylic acids is 1. The van der Waals surface area contributed by atoms with Crippen molar-refractivity contribution >= 4 is 11.5 Å². The summed E-state index contributed by atoms with van der Waals surface area (Å²) in [4.78, 5) is 22.5. The third kappa shape index (κ3) is 2.82. The largest absolute Gasteiger partial charge is 0.287 e. The van der Waals surface area contributed by atoms with Gasteiger partial charge in [0, 0.05) is 25.1 Å². The molecule has 0 aliphatic carbocycles. The molecule has 0 bridgehead atoms. The van der Waals surface area contributed by atoms with E-state index in [1.54, 1.807) is 22.9 Å². The maximum Gasteiger partial charge on any atom is 0.280 e. The van der Waals surface area contributed by atoms with Gasteiger partial charge in [0.25, 0.3) is 5.69 Å². The fraction of sp³-hybridized carbons (Fsp3) is 0.143. The van der Waals surface area contributed by atoms with Crippen molar-refractivity contribution in [2.75, 3.05) is 0 Å². The maximum atomic E-state index is 12.2. The zero-order valence-electron chi connectivity index (χ0n) is 10.4. The number of nitrogens with zero attached hydrogens (tertiary/aromatic N) is 2. The van der Waals surface area contributed by atoms with Crippen molar-refractivity contribution in [3.8, 4) is 0 Å². The average molecular weight is 257 g/mol. The van der Waals surface area contributed by atoms with Crippen molar-refractivity contribution in [2.24, 2.45) is 0 Å². The van der Waals surface area contributed by atoms with Crippen LogP contribution in [0.1, 0.15) is 16.1 Å². The fourth-order valence-corrected chi connectivity index (χ4v) is 1.85. The van der Waals surface area contributed by atoms with E-state index in [0.29, 0.717) is 0 Å². The lowest BCUT2D eigenvalue weighted by molar-refractivity contribution is -0.689. The van der Waals surface area contributed by atoms with Gasteiger partial charge in [0.1, 0.15) is 5.56 Å². The molecule has 1 aromatic heterocycles. The van der Waals surface area contributed by atoms with Crippen molar-refractivity contribution < 1.29 is 14.3 Å². The number of pyridine rings is 1. The van der Waals surface area contributed by atoms with Crippen molar-refractivity contribution in [3.63, 3.8) is 0 Å². The van der Waals surface area contributed by atoms with Gasteiger partial charge in [-0.15, -0.1) is 0 Å². The van der Waals surface area contributed by atoms with Crippen molar-refractivity contribution in [3.05, 3.63) is 70.0 Å². The molecule has 5 heteroatoms. The Morgan fingerprint density at radius 1 is 1.21 bits per heavy atom. The highest BCUT2D eigenvalue weighted by Crippen LogP contribution is 2.18. The molecule has 0 saturated carbocycles. The number of benzene rings is 1. The second-order valence-electron chi connectivity index (χ2n) is 4.17. The van der Waals surface area contributed by atoms with Crippen LogP contribution in [0.3, 0.4) is 0 Å². The van der Waals surface area contributed by atoms with Gasteiger partial charge in [-0.1, -0.05) is 18.2 Å². The van der Waals surface area contributed by atoms with Crippen LogP contribution in [-0.2, 0) is 6.54 Å². The van der Waals surface area contributed by atoms with Crippen LogP contribution in [0.25, 0.3) is 0 Å².